The standard InChI is InChI=1S/C27H35N5OS/c1-6-30(7-2)21-11-13-22(14-12-21)32-19(3)18-23(20(32)4)26-25(24-10-8-9-15-28-24)29-27(34)31(26)16-17-33-5/h8-15,18,25-26H,6-7,16-17H2,1-5H3,(H,29,34)/t25-,26-/m1/s1. The summed E-state index contributed by atoms with van der Waals surface area (Å²) in [6.45, 7) is 12.1. The number of anilines is 1. The molecule has 0 saturated carbocycles. The van der Waals surface area contributed by atoms with Crippen molar-refractivity contribution < 1.29 is 4.74 Å². The third-order valence-electron chi connectivity index (χ3n) is 6.76. The number of methoxy groups -OCH3 is 1. The minimum absolute atomic E-state index is 0.0236. The van der Waals surface area contributed by atoms with Crippen LogP contribution in [0, 0.1) is 13.8 Å². The van der Waals surface area contributed by atoms with Gasteiger partial charge in [-0.2, -0.15) is 0 Å². The first-order valence-corrected chi connectivity index (χ1v) is 12.4. The summed E-state index contributed by atoms with van der Waals surface area (Å²) in [5.74, 6) is 0. The molecular weight excluding hydrogens is 442 g/mol. The van der Waals surface area contributed by atoms with E-state index in [1.165, 1.54) is 28.3 Å². The van der Waals surface area contributed by atoms with E-state index < -0.39 is 0 Å². The number of thiocarbonyl (C=S) groups is 1. The fraction of sp³-hybridized carbons (Fsp3) is 0.407. The molecule has 7 heteroatoms. The summed E-state index contributed by atoms with van der Waals surface area (Å²) in [4.78, 5) is 9.26. The van der Waals surface area contributed by atoms with Gasteiger partial charge in [-0.1, -0.05) is 6.07 Å². The molecule has 1 aliphatic rings. The second-order valence-corrected chi connectivity index (χ2v) is 9.05. The van der Waals surface area contributed by atoms with Crippen molar-refractivity contribution in [1.82, 2.24) is 19.8 Å². The molecular formula is C27H35N5OS. The lowest BCUT2D eigenvalue weighted by atomic mass is 9.97. The first-order valence-electron chi connectivity index (χ1n) is 12.0. The number of hydrogen-bond acceptors (Lipinski definition) is 4. The maximum atomic E-state index is 5.77. The second kappa shape index (κ2) is 10.6. The van der Waals surface area contributed by atoms with Gasteiger partial charge in [-0.25, -0.2) is 0 Å². The molecule has 1 aliphatic heterocycles. The Morgan fingerprint density at radius 1 is 1.09 bits per heavy atom. The first kappa shape index (κ1) is 24.2. The molecule has 0 amide bonds. The molecule has 3 heterocycles. The Hall–Kier alpha value is -2.90. The van der Waals surface area contributed by atoms with Gasteiger partial charge in [-0.3, -0.25) is 4.98 Å². The fourth-order valence-electron chi connectivity index (χ4n) is 5.06. The second-order valence-electron chi connectivity index (χ2n) is 8.66. The molecule has 0 bridgehead atoms. The summed E-state index contributed by atoms with van der Waals surface area (Å²) < 4.78 is 7.74. The number of ether oxygens (including phenoxy) is 1. The summed E-state index contributed by atoms with van der Waals surface area (Å²) in [6.07, 6.45) is 1.84. The van der Waals surface area contributed by atoms with Crippen molar-refractivity contribution in [2.24, 2.45) is 0 Å². The molecule has 0 aliphatic carbocycles. The Balaban J connectivity index is 1.75. The molecule has 1 fully saturated rings. The van der Waals surface area contributed by atoms with E-state index in [0.717, 1.165) is 30.4 Å². The van der Waals surface area contributed by atoms with Crippen LogP contribution in [-0.4, -0.2) is 52.9 Å². The Bertz CT molecular complexity index is 1110. The fourth-order valence-corrected chi connectivity index (χ4v) is 5.39. The van der Waals surface area contributed by atoms with Gasteiger partial charge in [-0.05, 0) is 87.9 Å². The molecule has 0 spiro atoms. The Labute approximate surface area is 208 Å². The number of pyridine rings is 1. The van der Waals surface area contributed by atoms with Crippen LogP contribution in [0.3, 0.4) is 0 Å². The molecule has 1 saturated heterocycles. The zero-order valence-corrected chi connectivity index (χ0v) is 21.6. The van der Waals surface area contributed by atoms with Crippen LogP contribution in [0.5, 0.6) is 0 Å². The maximum Gasteiger partial charge on any atom is 0.170 e. The van der Waals surface area contributed by atoms with Crippen molar-refractivity contribution in [3.05, 3.63) is 77.4 Å². The van der Waals surface area contributed by atoms with E-state index in [-0.39, 0.29) is 12.1 Å². The normalized spacial score (nSPS) is 17.8. The van der Waals surface area contributed by atoms with Crippen LogP contribution >= 0.6 is 12.2 Å². The molecule has 1 N–H and O–H groups in total. The topological polar surface area (TPSA) is 45.6 Å². The number of nitrogens with zero attached hydrogens (tertiary/aromatic N) is 4. The van der Waals surface area contributed by atoms with E-state index >= 15 is 0 Å². The van der Waals surface area contributed by atoms with Crippen molar-refractivity contribution in [3.63, 3.8) is 0 Å². The van der Waals surface area contributed by atoms with Crippen molar-refractivity contribution in [1.29, 1.82) is 0 Å². The van der Waals surface area contributed by atoms with Crippen LogP contribution < -0.4 is 10.2 Å². The minimum Gasteiger partial charge on any atom is -0.383 e. The van der Waals surface area contributed by atoms with Gasteiger partial charge in [0.15, 0.2) is 5.11 Å². The van der Waals surface area contributed by atoms with Crippen LogP contribution in [0.1, 0.15) is 48.6 Å². The van der Waals surface area contributed by atoms with E-state index in [1.807, 2.05) is 18.3 Å². The molecule has 2 atom stereocenters. The lowest BCUT2D eigenvalue weighted by Crippen LogP contribution is -2.32. The van der Waals surface area contributed by atoms with Gasteiger partial charge in [0.1, 0.15) is 0 Å². The van der Waals surface area contributed by atoms with E-state index in [0.29, 0.717) is 6.61 Å². The first-order chi connectivity index (χ1) is 16.5. The van der Waals surface area contributed by atoms with Crippen molar-refractivity contribution in [2.45, 2.75) is 39.8 Å². The summed E-state index contributed by atoms with van der Waals surface area (Å²) >= 11 is 5.77. The highest BCUT2D eigenvalue weighted by Crippen LogP contribution is 2.41. The number of benzene rings is 1. The Kier molecular flexibility index (Phi) is 7.54. The van der Waals surface area contributed by atoms with Gasteiger partial charge in [-0.15, -0.1) is 0 Å². The smallest absolute Gasteiger partial charge is 0.170 e. The van der Waals surface area contributed by atoms with Crippen LogP contribution in [0.15, 0.2) is 54.7 Å². The van der Waals surface area contributed by atoms with E-state index in [1.54, 1.807) is 7.11 Å². The molecule has 2 aromatic heterocycles. The van der Waals surface area contributed by atoms with Gasteiger partial charge < -0.3 is 24.4 Å². The molecule has 34 heavy (non-hydrogen) atoms. The molecule has 0 radical (unpaired) electrons. The predicted molar refractivity (Wildman–Crippen MR) is 143 cm³/mol. The van der Waals surface area contributed by atoms with Crippen LogP contribution in [0.25, 0.3) is 5.69 Å². The van der Waals surface area contributed by atoms with E-state index in [9.17, 15) is 0 Å². The molecule has 3 aromatic rings. The zero-order chi connectivity index (χ0) is 24.2. The number of aryl methyl sites for hydroxylation is 1. The monoisotopic (exact) mass is 477 g/mol. The SMILES string of the molecule is CCN(CC)c1ccc(-n2c(C)cc([C@@H]3[C@@H](c4ccccn4)NC(=S)N3CCOC)c2C)cc1. The van der Waals surface area contributed by atoms with Crippen molar-refractivity contribution >= 4 is 23.0 Å². The highest BCUT2D eigenvalue weighted by molar-refractivity contribution is 7.80. The Morgan fingerprint density at radius 3 is 2.44 bits per heavy atom. The third-order valence-corrected chi connectivity index (χ3v) is 7.11. The minimum atomic E-state index is -0.0236. The van der Waals surface area contributed by atoms with E-state index in [2.05, 4.69) is 88.8 Å². The van der Waals surface area contributed by atoms with Crippen LogP contribution in [0.2, 0.25) is 0 Å². The van der Waals surface area contributed by atoms with Gasteiger partial charge >= 0.3 is 0 Å². The molecule has 6 nitrogen and oxygen atoms in total. The van der Waals surface area contributed by atoms with Gasteiger partial charge in [0.25, 0.3) is 0 Å². The predicted octanol–water partition coefficient (Wildman–Crippen LogP) is 4.95. The van der Waals surface area contributed by atoms with Crippen molar-refractivity contribution in [2.75, 3.05) is 38.3 Å². The summed E-state index contributed by atoms with van der Waals surface area (Å²) in [6, 6.07) is 17.2. The zero-order valence-electron chi connectivity index (χ0n) is 20.8. The summed E-state index contributed by atoms with van der Waals surface area (Å²) in [5.41, 5.74) is 7.08. The van der Waals surface area contributed by atoms with Crippen LogP contribution in [-0.2, 0) is 4.74 Å². The quantitative estimate of drug-likeness (QED) is 0.440. The van der Waals surface area contributed by atoms with E-state index in [4.69, 9.17) is 17.0 Å². The average Bonchev–Trinajstić information content (AvgIpc) is 3.34. The number of aromatic nitrogens is 2. The summed E-state index contributed by atoms with van der Waals surface area (Å²) in [7, 11) is 1.73. The molecule has 180 valence electrons. The molecule has 4 rings (SSSR count). The number of hydrogen-bond donors (Lipinski definition) is 1. The molecule has 1 aromatic carbocycles. The molecule has 0 unspecified atom stereocenters. The van der Waals surface area contributed by atoms with Gasteiger partial charge in [0.05, 0.1) is 24.4 Å². The largest absolute Gasteiger partial charge is 0.383 e. The highest BCUT2D eigenvalue weighted by atomic mass is 32.1. The number of nitrogens with one attached hydrogen (secondary N) is 1. The van der Waals surface area contributed by atoms with Gasteiger partial charge in [0.2, 0.25) is 0 Å². The van der Waals surface area contributed by atoms with Crippen LogP contribution in [0.4, 0.5) is 5.69 Å². The highest BCUT2D eigenvalue weighted by Gasteiger charge is 2.41. The lowest BCUT2D eigenvalue weighted by Gasteiger charge is -2.28. The average molecular weight is 478 g/mol. The maximum absolute atomic E-state index is 5.77. The Morgan fingerprint density at radius 2 is 1.82 bits per heavy atom. The van der Waals surface area contributed by atoms with Crippen molar-refractivity contribution in [3.8, 4) is 5.69 Å². The third kappa shape index (κ3) is 4.55. The summed E-state index contributed by atoms with van der Waals surface area (Å²) in [5, 5.41) is 4.27. The number of rotatable bonds is 9. The lowest BCUT2D eigenvalue weighted by molar-refractivity contribution is 0.164. The van der Waals surface area contributed by atoms with Gasteiger partial charge in [0, 0.05) is 55.7 Å².